The van der Waals surface area contributed by atoms with Crippen LogP contribution in [0, 0.1) is 5.82 Å². The minimum Gasteiger partial charge on any atom is -0.468 e. The van der Waals surface area contributed by atoms with Crippen molar-refractivity contribution in [3.63, 3.8) is 0 Å². The third kappa shape index (κ3) is 4.75. The topological polar surface area (TPSA) is 69.6 Å². The number of hydrogen-bond acceptors (Lipinski definition) is 7. The Bertz CT molecular complexity index is 1360. The molecule has 4 aliphatic heterocycles. The van der Waals surface area contributed by atoms with E-state index in [0.29, 0.717) is 12.6 Å². The number of aliphatic imine (C=N–C) groups is 1. The number of carbonyl (C=O) groups is 1. The zero-order valence-corrected chi connectivity index (χ0v) is 23.6. The van der Waals surface area contributed by atoms with Gasteiger partial charge in [-0.25, -0.2) is 14.2 Å². The van der Waals surface area contributed by atoms with Gasteiger partial charge in [0.2, 0.25) is 0 Å². The summed E-state index contributed by atoms with van der Waals surface area (Å²) in [7, 11) is 1.62. The van der Waals surface area contributed by atoms with Gasteiger partial charge in [0.05, 0.1) is 30.3 Å². The van der Waals surface area contributed by atoms with Crippen molar-refractivity contribution in [2.45, 2.75) is 63.8 Å². The van der Waals surface area contributed by atoms with E-state index in [1.165, 1.54) is 11.6 Å². The lowest BCUT2D eigenvalue weighted by atomic mass is 9.95. The maximum atomic E-state index is 14.4. The molecule has 2 aromatic carbocycles. The Hall–Kier alpha value is -3.20. The summed E-state index contributed by atoms with van der Waals surface area (Å²) >= 11 is 6.45. The van der Waals surface area contributed by atoms with E-state index in [0.717, 1.165) is 61.2 Å². The summed E-state index contributed by atoms with van der Waals surface area (Å²) in [6.07, 6.45) is 2.49. The molecule has 3 atom stereocenters. The van der Waals surface area contributed by atoms with Crippen LogP contribution in [0.5, 0.6) is 0 Å². The average molecular weight is 556 g/mol. The van der Waals surface area contributed by atoms with E-state index in [1.54, 1.807) is 13.2 Å². The molecule has 4 aliphatic rings. The lowest BCUT2D eigenvalue weighted by molar-refractivity contribution is -0.00120. The summed E-state index contributed by atoms with van der Waals surface area (Å²) in [6.45, 7) is 8.56. The number of carbonyl (C=O) groups excluding carboxylic acids is 1. The number of amidine groups is 1. The minimum absolute atomic E-state index is 0.102. The van der Waals surface area contributed by atoms with E-state index < -0.39 is 11.4 Å². The fourth-order valence-electron chi connectivity index (χ4n) is 6.44. The first kappa shape index (κ1) is 26.0. The standard InChI is InChI=1S/C29H35ClFN5O3/c1-29(2,3)39-28(37)36-18-9-10-19(36)15-35(14-18)26-20-12-13-34(16-22(20)32-27(33-26)38-4)23-7-5-6-17-8-11-21(31)25(30)24(17)23/h5-8,11,18-19,22H,9-10,12-16H2,1-4H3,(H,32,33). The molecule has 0 spiro atoms. The number of ether oxygens (including phenoxy) is 2. The fraction of sp³-hybridized carbons (Fsp3) is 0.517. The van der Waals surface area contributed by atoms with Gasteiger partial charge in [-0.1, -0.05) is 29.8 Å². The van der Waals surface area contributed by atoms with Crippen LogP contribution < -0.4 is 10.2 Å². The summed E-state index contributed by atoms with van der Waals surface area (Å²) in [4.78, 5) is 24.4. The number of halogens is 2. The van der Waals surface area contributed by atoms with Crippen LogP contribution in [-0.2, 0) is 9.47 Å². The van der Waals surface area contributed by atoms with E-state index in [9.17, 15) is 9.18 Å². The summed E-state index contributed by atoms with van der Waals surface area (Å²) in [5.74, 6) is 0.618. The maximum absolute atomic E-state index is 14.4. The quantitative estimate of drug-likeness (QED) is 0.555. The van der Waals surface area contributed by atoms with Crippen LogP contribution in [0.2, 0.25) is 5.02 Å². The van der Waals surface area contributed by atoms with Crippen molar-refractivity contribution in [1.29, 1.82) is 0 Å². The molecule has 3 unspecified atom stereocenters. The summed E-state index contributed by atoms with van der Waals surface area (Å²) in [6, 6.07) is 9.68. The molecule has 1 amide bonds. The molecule has 0 saturated carbocycles. The van der Waals surface area contributed by atoms with Crippen LogP contribution in [0.15, 0.2) is 46.7 Å². The van der Waals surface area contributed by atoms with Crippen LogP contribution >= 0.6 is 11.6 Å². The van der Waals surface area contributed by atoms with Crippen LogP contribution in [-0.4, -0.2) is 78.9 Å². The third-order valence-electron chi connectivity index (χ3n) is 8.10. The Labute approximate surface area is 233 Å². The van der Waals surface area contributed by atoms with Crippen molar-refractivity contribution < 1.29 is 18.7 Å². The van der Waals surface area contributed by atoms with Crippen LogP contribution in [0.25, 0.3) is 10.8 Å². The Kier molecular flexibility index (Phi) is 6.52. The number of fused-ring (bicyclic) bond motifs is 4. The summed E-state index contributed by atoms with van der Waals surface area (Å²) in [5.41, 5.74) is 1.62. The largest absolute Gasteiger partial charge is 0.468 e. The van der Waals surface area contributed by atoms with E-state index in [-0.39, 0.29) is 29.2 Å². The molecule has 2 bridgehead atoms. The molecule has 0 radical (unpaired) electrons. The molecular weight excluding hydrogens is 521 g/mol. The molecule has 0 aromatic heterocycles. The number of hydrogen-bond donors (Lipinski definition) is 1. The van der Waals surface area contributed by atoms with Crippen LogP contribution in [0.1, 0.15) is 40.0 Å². The number of nitrogens with one attached hydrogen (secondary N) is 1. The zero-order valence-electron chi connectivity index (χ0n) is 22.8. The number of nitrogens with zero attached hydrogens (tertiary/aromatic N) is 4. The van der Waals surface area contributed by atoms with Gasteiger partial charge >= 0.3 is 6.09 Å². The second kappa shape index (κ2) is 9.77. The Morgan fingerprint density at radius 2 is 1.85 bits per heavy atom. The van der Waals surface area contributed by atoms with Gasteiger partial charge in [-0.2, -0.15) is 0 Å². The maximum Gasteiger partial charge on any atom is 0.410 e. The van der Waals surface area contributed by atoms with Gasteiger partial charge in [0, 0.05) is 37.3 Å². The van der Waals surface area contributed by atoms with E-state index >= 15 is 0 Å². The molecule has 6 rings (SSSR count). The highest BCUT2D eigenvalue weighted by molar-refractivity contribution is 6.36. The highest BCUT2D eigenvalue weighted by atomic mass is 35.5. The van der Waals surface area contributed by atoms with Crippen LogP contribution in [0.4, 0.5) is 14.9 Å². The number of amides is 1. The highest BCUT2D eigenvalue weighted by Gasteiger charge is 2.46. The van der Waals surface area contributed by atoms with E-state index in [2.05, 4.69) is 15.1 Å². The predicted octanol–water partition coefficient (Wildman–Crippen LogP) is 5.11. The molecule has 2 aromatic rings. The van der Waals surface area contributed by atoms with Gasteiger partial charge in [0.1, 0.15) is 17.2 Å². The summed E-state index contributed by atoms with van der Waals surface area (Å²) in [5, 5.41) is 5.22. The first-order valence-corrected chi connectivity index (χ1v) is 14.0. The van der Waals surface area contributed by atoms with Crippen molar-refractivity contribution >= 4 is 40.2 Å². The molecular formula is C29H35ClFN5O3. The van der Waals surface area contributed by atoms with Gasteiger partial charge in [-0.3, -0.25) is 10.2 Å². The van der Waals surface area contributed by atoms with Gasteiger partial charge in [0.25, 0.3) is 6.02 Å². The molecule has 208 valence electrons. The molecule has 4 heterocycles. The van der Waals surface area contributed by atoms with Crippen LogP contribution in [0.3, 0.4) is 0 Å². The molecule has 3 fully saturated rings. The number of likely N-dealkylation sites (tertiary alicyclic amines) is 1. The van der Waals surface area contributed by atoms with Gasteiger partial charge < -0.3 is 19.3 Å². The molecule has 39 heavy (non-hydrogen) atoms. The number of benzene rings is 2. The Balaban J connectivity index is 1.27. The Morgan fingerprint density at radius 1 is 1.10 bits per heavy atom. The predicted molar refractivity (Wildman–Crippen MR) is 151 cm³/mol. The Morgan fingerprint density at radius 3 is 2.54 bits per heavy atom. The second-order valence-corrected chi connectivity index (χ2v) is 12.1. The number of methoxy groups -OCH3 is 1. The lowest BCUT2D eigenvalue weighted by Gasteiger charge is -2.46. The van der Waals surface area contributed by atoms with Gasteiger partial charge in [0.15, 0.2) is 0 Å². The first-order valence-electron chi connectivity index (χ1n) is 13.6. The van der Waals surface area contributed by atoms with E-state index in [1.807, 2.05) is 43.9 Å². The summed E-state index contributed by atoms with van der Waals surface area (Å²) < 4.78 is 25.7. The number of rotatable bonds is 2. The number of anilines is 1. The third-order valence-corrected chi connectivity index (χ3v) is 8.47. The molecule has 10 heteroatoms. The SMILES string of the molecule is COC1=NC2CN(c3cccc4ccc(F)c(Cl)c34)CCC2=C(N2CC3CCC(C2)N3C(=O)OC(C)(C)C)N1. The van der Waals surface area contributed by atoms with E-state index in [4.69, 9.17) is 26.1 Å². The minimum atomic E-state index is -0.520. The first-order chi connectivity index (χ1) is 18.6. The van der Waals surface area contributed by atoms with Gasteiger partial charge in [-0.15, -0.1) is 0 Å². The highest BCUT2D eigenvalue weighted by Crippen LogP contribution is 2.39. The smallest absolute Gasteiger partial charge is 0.410 e. The molecule has 3 saturated heterocycles. The van der Waals surface area contributed by atoms with Crippen molar-refractivity contribution in [3.05, 3.63) is 52.6 Å². The van der Waals surface area contributed by atoms with Crippen molar-refractivity contribution in [2.75, 3.05) is 38.2 Å². The lowest BCUT2D eigenvalue weighted by Crippen LogP contribution is -2.59. The molecule has 1 N–H and O–H groups in total. The fourth-order valence-corrected chi connectivity index (χ4v) is 6.71. The van der Waals surface area contributed by atoms with Gasteiger partial charge in [-0.05, 0) is 63.1 Å². The molecule has 8 nitrogen and oxygen atoms in total. The number of piperidine rings is 1. The normalized spacial score (nSPS) is 24.9. The van der Waals surface area contributed by atoms with Crippen molar-refractivity contribution in [3.8, 4) is 0 Å². The average Bonchev–Trinajstić information content (AvgIpc) is 3.18. The van der Waals surface area contributed by atoms with Crippen molar-refractivity contribution in [1.82, 2.24) is 15.1 Å². The van der Waals surface area contributed by atoms with Crippen molar-refractivity contribution in [2.24, 2.45) is 4.99 Å². The number of piperazine rings is 1. The zero-order chi connectivity index (χ0) is 27.5. The molecule has 0 aliphatic carbocycles. The monoisotopic (exact) mass is 555 g/mol. The second-order valence-electron chi connectivity index (χ2n) is 11.8.